The molecule has 0 saturated carbocycles. The first-order valence-corrected chi connectivity index (χ1v) is 9.69. The van der Waals surface area contributed by atoms with E-state index in [0.717, 1.165) is 39.4 Å². The zero-order chi connectivity index (χ0) is 19.0. The van der Waals surface area contributed by atoms with Crippen molar-refractivity contribution >= 4 is 22.6 Å². The second-order valence-corrected chi connectivity index (χ2v) is 7.52. The van der Waals surface area contributed by atoms with Gasteiger partial charge in [0.25, 0.3) is 0 Å². The molecule has 0 atom stereocenters. The minimum absolute atomic E-state index is 0.549. The Morgan fingerprint density at radius 2 is 1.89 bits per heavy atom. The van der Waals surface area contributed by atoms with Crippen molar-refractivity contribution in [3.05, 3.63) is 64.7 Å². The highest BCUT2D eigenvalue weighted by molar-refractivity contribution is 7.17. The van der Waals surface area contributed by atoms with Gasteiger partial charge in [0.15, 0.2) is 11.2 Å². The molecular weight excluding hydrogens is 356 g/mol. The fraction of sp³-hybridized carbons (Fsp3) is 0.182. The molecule has 4 aromatic rings. The molecule has 2 aromatic heterocycles. The highest BCUT2D eigenvalue weighted by atomic mass is 32.1. The number of imidazole rings is 1. The predicted molar refractivity (Wildman–Crippen MR) is 110 cm³/mol. The summed E-state index contributed by atoms with van der Waals surface area (Å²) < 4.78 is 7.44. The van der Waals surface area contributed by atoms with Crippen LogP contribution in [0.2, 0.25) is 0 Å². The van der Waals surface area contributed by atoms with Crippen LogP contribution in [0.15, 0.2) is 48.5 Å². The van der Waals surface area contributed by atoms with Crippen molar-refractivity contribution in [2.24, 2.45) is 0 Å². The number of carbonyl (C=O) groups excluding carboxylic acids is 1. The lowest BCUT2D eigenvalue weighted by Crippen LogP contribution is -1.96. The number of hydrogen-bond donors (Lipinski definition) is 0. The van der Waals surface area contributed by atoms with Gasteiger partial charge in [-0.05, 0) is 36.6 Å². The van der Waals surface area contributed by atoms with Crippen LogP contribution in [-0.4, -0.2) is 22.8 Å². The van der Waals surface area contributed by atoms with Gasteiger partial charge in [-0.1, -0.05) is 43.3 Å². The zero-order valence-electron chi connectivity index (χ0n) is 15.5. The average Bonchev–Trinajstić information content (AvgIpc) is 3.22. The number of fused-ring (bicyclic) bond motifs is 1. The van der Waals surface area contributed by atoms with Gasteiger partial charge in [0, 0.05) is 10.4 Å². The van der Waals surface area contributed by atoms with Gasteiger partial charge in [0.05, 0.1) is 12.8 Å². The van der Waals surface area contributed by atoms with E-state index < -0.39 is 0 Å². The summed E-state index contributed by atoms with van der Waals surface area (Å²) in [5.41, 5.74) is 5.42. The third-order valence-electron chi connectivity index (χ3n) is 4.79. The zero-order valence-corrected chi connectivity index (χ0v) is 16.3. The molecule has 2 aromatic carbocycles. The van der Waals surface area contributed by atoms with Crippen molar-refractivity contribution in [1.82, 2.24) is 9.38 Å². The van der Waals surface area contributed by atoms with Crippen LogP contribution in [0.4, 0.5) is 0 Å². The number of carbonyl (C=O) groups is 1. The minimum Gasteiger partial charge on any atom is -0.496 e. The molecule has 0 radical (unpaired) electrons. The van der Waals surface area contributed by atoms with Crippen LogP contribution in [0.1, 0.15) is 27.9 Å². The summed E-state index contributed by atoms with van der Waals surface area (Å²) in [6, 6.07) is 16.2. The molecule has 4 rings (SSSR count). The van der Waals surface area contributed by atoms with Gasteiger partial charge in [-0.15, -0.1) is 11.3 Å². The summed E-state index contributed by atoms with van der Waals surface area (Å²) in [5.74, 6) is 0.705. The highest BCUT2D eigenvalue weighted by Crippen LogP contribution is 2.38. The van der Waals surface area contributed by atoms with Crippen LogP contribution in [0.5, 0.6) is 5.75 Å². The number of hydrogen-bond acceptors (Lipinski definition) is 4. The number of ether oxygens (including phenoxy) is 1. The Bertz CT molecular complexity index is 1120. The molecule has 2 heterocycles. The standard InChI is InChI=1S/C22H20N2O2S/c1-4-15-9-11-16(12-10-15)21-14(2)27-22-23-20(18(13-25)24(21)22)17-7-5-6-8-19(17)26-3/h5-13H,4H2,1-3H3. The van der Waals surface area contributed by atoms with E-state index in [1.807, 2.05) is 28.7 Å². The Hall–Kier alpha value is -2.92. The van der Waals surface area contributed by atoms with Crippen molar-refractivity contribution in [1.29, 1.82) is 0 Å². The number of nitrogens with zero attached hydrogens (tertiary/aromatic N) is 2. The lowest BCUT2D eigenvalue weighted by Gasteiger charge is -2.08. The van der Waals surface area contributed by atoms with Crippen LogP contribution in [0, 0.1) is 6.92 Å². The molecule has 0 bridgehead atoms. The summed E-state index contributed by atoms with van der Waals surface area (Å²) in [5, 5.41) is 0. The van der Waals surface area contributed by atoms with E-state index >= 15 is 0 Å². The molecule has 0 amide bonds. The SMILES string of the molecule is CCc1ccc(-c2c(C)sc3nc(-c4ccccc4OC)c(C=O)n23)cc1. The van der Waals surface area contributed by atoms with Gasteiger partial charge in [-0.25, -0.2) is 4.98 Å². The lowest BCUT2D eigenvalue weighted by molar-refractivity contribution is 0.111. The topological polar surface area (TPSA) is 43.6 Å². The highest BCUT2D eigenvalue weighted by Gasteiger charge is 2.22. The van der Waals surface area contributed by atoms with Crippen LogP contribution < -0.4 is 4.74 Å². The third-order valence-corrected chi connectivity index (χ3v) is 5.75. The van der Waals surface area contributed by atoms with Crippen molar-refractivity contribution in [3.63, 3.8) is 0 Å². The van der Waals surface area contributed by atoms with Crippen molar-refractivity contribution in [2.75, 3.05) is 7.11 Å². The molecule has 4 nitrogen and oxygen atoms in total. The molecule has 0 N–H and O–H groups in total. The molecule has 0 aliphatic rings. The second-order valence-electron chi connectivity index (χ2n) is 6.34. The summed E-state index contributed by atoms with van der Waals surface area (Å²) in [4.78, 5) is 18.8. The fourth-order valence-electron chi connectivity index (χ4n) is 3.42. The van der Waals surface area contributed by atoms with E-state index in [-0.39, 0.29) is 0 Å². The Kier molecular flexibility index (Phi) is 4.54. The Morgan fingerprint density at radius 3 is 2.56 bits per heavy atom. The molecule has 0 saturated heterocycles. The van der Waals surface area contributed by atoms with Crippen LogP contribution in [-0.2, 0) is 6.42 Å². The van der Waals surface area contributed by atoms with Gasteiger partial charge in [0.2, 0.25) is 0 Å². The first-order valence-electron chi connectivity index (χ1n) is 8.87. The average molecular weight is 376 g/mol. The van der Waals surface area contributed by atoms with E-state index in [4.69, 9.17) is 9.72 Å². The van der Waals surface area contributed by atoms with E-state index in [2.05, 4.69) is 38.1 Å². The maximum absolute atomic E-state index is 12.1. The summed E-state index contributed by atoms with van der Waals surface area (Å²) in [6.45, 7) is 4.21. The van der Waals surface area contributed by atoms with E-state index in [9.17, 15) is 4.79 Å². The number of thiazole rings is 1. The molecule has 5 heteroatoms. The van der Waals surface area contributed by atoms with Crippen LogP contribution in [0.25, 0.3) is 27.5 Å². The van der Waals surface area contributed by atoms with Crippen molar-refractivity contribution in [2.45, 2.75) is 20.3 Å². The normalized spacial score (nSPS) is 11.1. The third kappa shape index (κ3) is 2.84. The number of aryl methyl sites for hydroxylation is 2. The number of aromatic nitrogens is 2. The second kappa shape index (κ2) is 7.00. The van der Waals surface area contributed by atoms with Crippen molar-refractivity contribution < 1.29 is 9.53 Å². The van der Waals surface area contributed by atoms with Gasteiger partial charge < -0.3 is 4.74 Å². The monoisotopic (exact) mass is 376 g/mol. The van der Waals surface area contributed by atoms with Gasteiger partial charge in [-0.3, -0.25) is 9.20 Å². The molecule has 0 spiro atoms. The Balaban J connectivity index is 1.98. The Morgan fingerprint density at radius 1 is 1.15 bits per heavy atom. The number of methoxy groups -OCH3 is 1. The molecule has 0 aliphatic heterocycles. The Labute approximate surface area is 162 Å². The maximum Gasteiger partial charge on any atom is 0.195 e. The number of aldehydes is 1. The van der Waals surface area contributed by atoms with Gasteiger partial charge in [0.1, 0.15) is 17.1 Å². The molecule has 0 aliphatic carbocycles. The summed E-state index contributed by atoms with van der Waals surface area (Å²) in [6.07, 6.45) is 1.89. The van der Waals surface area contributed by atoms with Crippen LogP contribution in [0.3, 0.4) is 0 Å². The van der Waals surface area contributed by atoms with E-state index in [0.29, 0.717) is 17.1 Å². The van der Waals surface area contributed by atoms with E-state index in [1.165, 1.54) is 5.56 Å². The number of para-hydroxylation sites is 1. The van der Waals surface area contributed by atoms with Gasteiger partial charge in [-0.2, -0.15) is 0 Å². The summed E-state index contributed by atoms with van der Waals surface area (Å²) >= 11 is 1.59. The molecule has 0 unspecified atom stereocenters. The largest absolute Gasteiger partial charge is 0.496 e. The predicted octanol–water partition coefficient (Wildman–Crippen LogP) is 5.42. The van der Waals surface area contributed by atoms with Crippen LogP contribution >= 0.6 is 11.3 Å². The number of rotatable bonds is 5. The fourth-order valence-corrected chi connectivity index (χ4v) is 4.41. The minimum atomic E-state index is 0.549. The first-order chi connectivity index (χ1) is 13.2. The first kappa shape index (κ1) is 17.5. The molecule has 27 heavy (non-hydrogen) atoms. The molecular formula is C22H20N2O2S. The smallest absolute Gasteiger partial charge is 0.195 e. The number of benzene rings is 2. The van der Waals surface area contributed by atoms with Gasteiger partial charge >= 0.3 is 0 Å². The molecule has 136 valence electrons. The van der Waals surface area contributed by atoms with E-state index in [1.54, 1.807) is 18.4 Å². The van der Waals surface area contributed by atoms with Crippen molar-refractivity contribution in [3.8, 4) is 28.3 Å². The summed E-state index contributed by atoms with van der Waals surface area (Å²) in [7, 11) is 1.63. The lowest BCUT2D eigenvalue weighted by atomic mass is 10.1. The quantitative estimate of drug-likeness (QED) is 0.437. The molecule has 0 fully saturated rings. The maximum atomic E-state index is 12.1.